The lowest BCUT2D eigenvalue weighted by Crippen LogP contribution is -2.29. The quantitative estimate of drug-likeness (QED) is 0.686. The summed E-state index contributed by atoms with van der Waals surface area (Å²) in [6, 6.07) is 12.3. The third-order valence-electron chi connectivity index (χ3n) is 4.46. The van der Waals surface area contributed by atoms with Crippen LogP contribution < -0.4 is 10.9 Å². The molecule has 5 nitrogen and oxygen atoms in total. The van der Waals surface area contributed by atoms with E-state index in [1.54, 1.807) is 19.1 Å². The molecule has 0 fully saturated rings. The third-order valence-corrected chi connectivity index (χ3v) is 4.46. The molecule has 2 aromatic carbocycles. The summed E-state index contributed by atoms with van der Waals surface area (Å²) in [5.41, 5.74) is 0.743. The molecule has 0 saturated carbocycles. The maximum atomic E-state index is 12.7. The van der Waals surface area contributed by atoms with Crippen molar-refractivity contribution >= 4 is 5.91 Å². The predicted octanol–water partition coefficient (Wildman–Crippen LogP) is 4.26. The Labute approximate surface area is 164 Å². The summed E-state index contributed by atoms with van der Waals surface area (Å²) in [4.78, 5) is 31.4. The molecule has 1 atom stereocenters. The molecule has 150 valence electrons. The van der Waals surface area contributed by atoms with Crippen LogP contribution >= 0.6 is 0 Å². The van der Waals surface area contributed by atoms with E-state index < -0.39 is 29.2 Å². The first-order valence-corrected chi connectivity index (χ1v) is 8.80. The molecule has 0 unspecified atom stereocenters. The Balaban J connectivity index is 1.82. The van der Waals surface area contributed by atoms with Crippen LogP contribution in [0.4, 0.5) is 13.2 Å². The molecule has 29 heavy (non-hydrogen) atoms. The summed E-state index contributed by atoms with van der Waals surface area (Å²) < 4.78 is 38.1. The van der Waals surface area contributed by atoms with Crippen molar-refractivity contribution in [1.29, 1.82) is 0 Å². The largest absolute Gasteiger partial charge is 0.416 e. The van der Waals surface area contributed by atoms with Crippen molar-refractivity contribution < 1.29 is 18.0 Å². The molecule has 3 aromatic rings. The number of halogens is 3. The van der Waals surface area contributed by atoms with Crippen LogP contribution in [0.15, 0.2) is 59.4 Å². The third kappa shape index (κ3) is 4.71. The lowest BCUT2D eigenvalue weighted by Gasteiger charge is -2.15. The standard InChI is InChI=1S/C21H18F3N3O2/c1-12-5-3-4-6-16(12)19-26-17(11-18(28)27-19)20(29)25-13(2)14-7-9-15(10-8-14)21(22,23)24/h3-11,13H,1-2H3,(H,25,29)(H,26,27,28)/t13-/m1/s1. The minimum Gasteiger partial charge on any atom is -0.344 e. The normalized spacial score (nSPS) is 12.4. The molecule has 1 heterocycles. The van der Waals surface area contributed by atoms with Gasteiger partial charge in [-0.3, -0.25) is 9.59 Å². The Bertz CT molecular complexity index is 1090. The molecule has 0 aliphatic heterocycles. The second-order valence-corrected chi connectivity index (χ2v) is 6.61. The van der Waals surface area contributed by atoms with Gasteiger partial charge in [0, 0.05) is 11.6 Å². The minimum absolute atomic E-state index is 0.0780. The second kappa shape index (κ2) is 7.90. The van der Waals surface area contributed by atoms with Gasteiger partial charge in [-0.2, -0.15) is 13.2 Å². The van der Waals surface area contributed by atoms with Crippen molar-refractivity contribution in [2.24, 2.45) is 0 Å². The average Bonchev–Trinajstić information content (AvgIpc) is 2.67. The number of hydrogen-bond donors (Lipinski definition) is 2. The molecule has 0 saturated heterocycles. The number of carbonyl (C=O) groups excluding carboxylic acids is 1. The van der Waals surface area contributed by atoms with Crippen LogP contribution in [0.2, 0.25) is 0 Å². The van der Waals surface area contributed by atoms with E-state index in [9.17, 15) is 22.8 Å². The maximum Gasteiger partial charge on any atom is 0.416 e. The van der Waals surface area contributed by atoms with E-state index in [4.69, 9.17) is 0 Å². The summed E-state index contributed by atoms with van der Waals surface area (Å²) in [5, 5.41) is 2.66. The zero-order valence-corrected chi connectivity index (χ0v) is 15.7. The summed E-state index contributed by atoms with van der Waals surface area (Å²) in [7, 11) is 0. The Morgan fingerprint density at radius 1 is 1.10 bits per heavy atom. The van der Waals surface area contributed by atoms with Crippen molar-refractivity contribution in [3.05, 3.63) is 87.3 Å². The van der Waals surface area contributed by atoms with E-state index >= 15 is 0 Å². The second-order valence-electron chi connectivity index (χ2n) is 6.61. The van der Waals surface area contributed by atoms with Crippen LogP contribution in [-0.4, -0.2) is 15.9 Å². The van der Waals surface area contributed by atoms with E-state index in [2.05, 4.69) is 15.3 Å². The molecule has 0 bridgehead atoms. The van der Waals surface area contributed by atoms with Crippen molar-refractivity contribution in [2.45, 2.75) is 26.1 Å². The van der Waals surface area contributed by atoms with E-state index in [-0.39, 0.29) is 11.5 Å². The van der Waals surface area contributed by atoms with Crippen LogP contribution in [0, 0.1) is 6.92 Å². The summed E-state index contributed by atoms with van der Waals surface area (Å²) in [6.45, 7) is 3.49. The van der Waals surface area contributed by atoms with Gasteiger partial charge >= 0.3 is 6.18 Å². The molecule has 8 heteroatoms. The zero-order chi connectivity index (χ0) is 21.2. The van der Waals surface area contributed by atoms with E-state index in [1.165, 1.54) is 12.1 Å². The summed E-state index contributed by atoms with van der Waals surface area (Å²) in [6.07, 6.45) is -4.42. The number of aromatic nitrogens is 2. The predicted molar refractivity (Wildman–Crippen MR) is 102 cm³/mol. The maximum absolute atomic E-state index is 12.7. The van der Waals surface area contributed by atoms with Crippen molar-refractivity contribution in [1.82, 2.24) is 15.3 Å². The topological polar surface area (TPSA) is 74.8 Å². The number of nitrogens with zero attached hydrogens (tertiary/aromatic N) is 1. The molecule has 0 spiro atoms. The van der Waals surface area contributed by atoms with Gasteiger partial charge in [-0.25, -0.2) is 4.98 Å². The highest BCUT2D eigenvalue weighted by Crippen LogP contribution is 2.30. The number of nitrogens with one attached hydrogen (secondary N) is 2. The number of amides is 1. The first kappa shape index (κ1) is 20.3. The molecular weight excluding hydrogens is 383 g/mol. The van der Waals surface area contributed by atoms with Crippen molar-refractivity contribution in [3.63, 3.8) is 0 Å². The number of alkyl halides is 3. The fourth-order valence-electron chi connectivity index (χ4n) is 2.85. The fourth-order valence-corrected chi connectivity index (χ4v) is 2.85. The highest BCUT2D eigenvalue weighted by Gasteiger charge is 2.30. The lowest BCUT2D eigenvalue weighted by atomic mass is 10.1. The average molecular weight is 401 g/mol. The van der Waals surface area contributed by atoms with Crippen LogP contribution in [0.3, 0.4) is 0 Å². The van der Waals surface area contributed by atoms with Crippen LogP contribution in [0.5, 0.6) is 0 Å². The van der Waals surface area contributed by atoms with Gasteiger partial charge in [-0.1, -0.05) is 36.4 Å². The van der Waals surface area contributed by atoms with Gasteiger partial charge in [0.1, 0.15) is 11.5 Å². The van der Waals surface area contributed by atoms with Gasteiger partial charge < -0.3 is 10.3 Å². The zero-order valence-electron chi connectivity index (χ0n) is 15.7. The number of rotatable bonds is 4. The molecule has 0 aliphatic carbocycles. The first-order valence-electron chi connectivity index (χ1n) is 8.80. The van der Waals surface area contributed by atoms with Gasteiger partial charge in [0.25, 0.3) is 11.5 Å². The molecule has 1 aromatic heterocycles. The van der Waals surface area contributed by atoms with E-state index in [0.29, 0.717) is 11.1 Å². The van der Waals surface area contributed by atoms with Gasteiger partial charge in [0.2, 0.25) is 0 Å². The van der Waals surface area contributed by atoms with Gasteiger partial charge in [0.15, 0.2) is 0 Å². The molecular formula is C21H18F3N3O2. The number of carbonyl (C=O) groups is 1. The molecule has 3 rings (SSSR count). The van der Waals surface area contributed by atoms with Crippen LogP contribution in [0.1, 0.15) is 40.1 Å². The number of benzene rings is 2. The summed E-state index contributed by atoms with van der Waals surface area (Å²) >= 11 is 0. The van der Waals surface area contributed by atoms with Crippen LogP contribution in [0.25, 0.3) is 11.4 Å². The van der Waals surface area contributed by atoms with Crippen LogP contribution in [-0.2, 0) is 6.18 Å². The van der Waals surface area contributed by atoms with Gasteiger partial charge in [0.05, 0.1) is 11.6 Å². The number of aromatic amines is 1. The van der Waals surface area contributed by atoms with Crippen molar-refractivity contribution in [3.8, 4) is 11.4 Å². The van der Waals surface area contributed by atoms with Gasteiger partial charge in [-0.15, -0.1) is 0 Å². The summed E-state index contributed by atoms with van der Waals surface area (Å²) in [5.74, 6) is -0.332. The number of H-pyrrole nitrogens is 1. The molecule has 2 N–H and O–H groups in total. The monoisotopic (exact) mass is 401 g/mol. The number of hydrogen-bond acceptors (Lipinski definition) is 3. The van der Waals surface area contributed by atoms with E-state index in [0.717, 1.165) is 23.8 Å². The van der Waals surface area contributed by atoms with Gasteiger partial charge in [-0.05, 0) is 37.1 Å². The first-order chi connectivity index (χ1) is 13.6. The minimum atomic E-state index is -4.42. The highest BCUT2D eigenvalue weighted by molar-refractivity contribution is 5.92. The number of aryl methyl sites for hydroxylation is 1. The Morgan fingerprint density at radius 3 is 2.38 bits per heavy atom. The molecule has 0 radical (unpaired) electrons. The fraction of sp³-hybridized carbons (Fsp3) is 0.190. The Kier molecular flexibility index (Phi) is 5.54. The molecule has 0 aliphatic rings. The van der Waals surface area contributed by atoms with Crippen molar-refractivity contribution in [2.75, 3.05) is 0 Å². The lowest BCUT2D eigenvalue weighted by molar-refractivity contribution is -0.137. The highest BCUT2D eigenvalue weighted by atomic mass is 19.4. The molecule has 1 amide bonds. The smallest absolute Gasteiger partial charge is 0.344 e. The Hall–Kier alpha value is -3.42. The Morgan fingerprint density at radius 2 is 1.76 bits per heavy atom. The van der Waals surface area contributed by atoms with E-state index in [1.807, 2.05) is 19.1 Å². The SMILES string of the molecule is Cc1ccccc1-c1nc(C(=O)N[C@H](C)c2ccc(C(F)(F)F)cc2)cc(=O)[nH]1.